The number of aliphatic hydroxyl groups is 1. The van der Waals surface area contributed by atoms with E-state index in [9.17, 15) is 9.32 Å². The minimum atomic E-state index is -1.34. The summed E-state index contributed by atoms with van der Waals surface area (Å²) in [6.45, 7) is 7.20. The van der Waals surface area contributed by atoms with E-state index in [4.69, 9.17) is 0 Å². The number of rotatable bonds is 4. The number of hydrogen-bond donors (Lipinski definition) is 1. The number of benzene rings is 1. The van der Waals surface area contributed by atoms with Gasteiger partial charge in [-0.3, -0.25) is 0 Å². The van der Waals surface area contributed by atoms with E-state index < -0.39 is 16.4 Å². The molecule has 3 heteroatoms. The van der Waals surface area contributed by atoms with Crippen LogP contribution in [0.2, 0.25) is 0 Å². The monoisotopic (exact) mass is 224 g/mol. The lowest BCUT2D eigenvalue weighted by Crippen LogP contribution is -2.27. The molecule has 0 aliphatic heterocycles. The van der Waals surface area contributed by atoms with Crippen LogP contribution >= 0.6 is 0 Å². The Bertz CT molecular complexity index is 368. The second-order valence-corrected chi connectivity index (χ2v) is 5.13. The highest BCUT2D eigenvalue weighted by molar-refractivity contribution is 7.89. The fraction of sp³-hybridized carbons (Fsp3) is 0.333. The van der Waals surface area contributed by atoms with Crippen molar-refractivity contribution < 1.29 is 9.32 Å². The van der Waals surface area contributed by atoms with Crippen molar-refractivity contribution in [3.8, 4) is 0 Å². The molecule has 0 radical (unpaired) electrons. The highest BCUT2D eigenvalue weighted by Gasteiger charge is 2.26. The quantitative estimate of drug-likeness (QED) is 0.853. The van der Waals surface area contributed by atoms with Crippen molar-refractivity contribution in [1.29, 1.82) is 0 Å². The molecule has 0 bridgehead atoms. The zero-order chi connectivity index (χ0) is 11.5. The highest BCUT2D eigenvalue weighted by Crippen LogP contribution is 2.25. The lowest BCUT2D eigenvalue weighted by molar-refractivity contribution is 0.103. The molecule has 2 nitrogen and oxygen atoms in total. The molecule has 1 aromatic rings. The van der Waals surface area contributed by atoms with E-state index in [-0.39, 0.29) is 0 Å². The van der Waals surface area contributed by atoms with Crippen LogP contribution in [0.5, 0.6) is 0 Å². The normalized spacial score (nSPS) is 16.7. The van der Waals surface area contributed by atoms with E-state index in [1.807, 2.05) is 25.1 Å². The Morgan fingerprint density at radius 3 is 2.47 bits per heavy atom. The van der Waals surface area contributed by atoms with Gasteiger partial charge < -0.3 is 5.11 Å². The maximum Gasteiger partial charge on any atom is 0.0946 e. The average molecular weight is 224 g/mol. The van der Waals surface area contributed by atoms with Gasteiger partial charge in [0.15, 0.2) is 0 Å². The minimum Gasteiger partial charge on any atom is -0.385 e. The maximum absolute atomic E-state index is 12.0. The van der Waals surface area contributed by atoms with E-state index in [1.165, 1.54) is 0 Å². The summed E-state index contributed by atoms with van der Waals surface area (Å²) in [5.74, 6) is 0. The van der Waals surface area contributed by atoms with E-state index >= 15 is 0 Å². The van der Waals surface area contributed by atoms with Crippen LogP contribution in [0.25, 0.3) is 0 Å². The lowest BCUT2D eigenvalue weighted by Gasteiger charge is -2.23. The molecule has 1 N–H and O–H groups in total. The Morgan fingerprint density at radius 2 is 2.00 bits per heavy atom. The van der Waals surface area contributed by atoms with Gasteiger partial charge in [0.1, 0.15) is 0 Å². The van der Waals surface area contributed by atoms with Crippen molar-refractivity contribution in [3.05, 3.63) is 41.8 Å². The van der Waals surface area contributed by atoms with Crippen molar-refractivity contribution in [1.82, 2.24) is 0 Å². The van der Waals surface area contributed by atoms with Crippen LogP contribution in [0, 0.1) is 0 Å². The molecule has 1 aromatic carbocycles. The van der Waals surface area contributed by atoms with Crippen molar-refractivity contribution in [2.45, 2.75) is 30.8 Å². The molecule has 2 unspecified atom stereocenters. The highest BCUT2D eigenvalue weighted by atomic mass is 32.2. The Labute approximate surface area is 93.1 Å². The van der Waals surface area contributed by atoms with Crippen LogP contribution in [0.4, 0.5) is 0 Å². The summed E-state index contributed by atoms with van der Waals surface area (Å²) in [7, 11) is -1.34. The first kappa shape index (κ1) is 12.1. The Hall–Kier alpha value is -0.930. The first-order chi connectivity index (χ1) is 6.99. The lowest BCUT2D eigenvalue weighted by atomic mass is 10.0. The predicted molar refractivity (Wildman–Crippen MR) is 62.9 cm³/mol. The molecule has 0 aliphatic rings. The molecule has 0 saturated carbocycles. The van der Waals surface area contributed by atoms with E-state index in [0.29, 0.717) is 16.2 Å². The van der Waals surface area contributed by atoms with Crippen molar-refractivity contribution in [2.24, 2.45) is 0 Å². The second-order valence-electron chi connectivity index (χ2n) is 3.63. The summed E-state index contributed by atoms with van der Waals surface area (Å²) < 4.78 is 12.0. The maximum atomic E-state index is 12.0. The van der Waals surface area contributed by atoms with Crippen LogP contribution in [-0.2, 0) is 10.8 Å². The molecule has 0 fully saturated rings. The summed E-state index contributed by atoms with van der Waals surface area (Å²) in [5.41, 5.74) is -1.07. The van der Waals surface area contributed by atoms with Gasteiger partial charge in [-0.15, -0.1) is 0 Å². The molecular weight excluding hydrogens is 208 g/mol. The average Bonchev–Trinajstić information content (AvgIpc) is 2.28. The molecular formula is C12H16O2S. The van der Waals surface area contributed by atoms with Gasteiger partial charge in [0.05, 0.1) is 16.4 Å². The zero-order valence-corrected chi connectivity index (χ0v) is 9.88. The van der Waals surface area contributed by atoms with Gasteiger partial charge in [0, 0.05) is 9.80 Å². The van der Waals surface area contributed by atoms with Crippen LogP contribution in [0.15, 0.2) is 46.7 Å². The van der Waals surface area contributed by atoms with E-state index in [0.717, 1.165) is 0 Å². The van der Waals surface area contributed by atoms with Crippen LogP contribution < -0.4 is 0 Å². The predicted octanol–water partition coefficient (Wildman–Crippen LogP) is 2.47. The van der Waals surface area contributed by atoms with Crippen LogP contribution in [0.3, 0.4) is 0 Å². The van der Waals surface area contributed by atoms with Crippen molar-refractivity contribution in [2.75, 3.05) is 0 Å². The third-order valence-corrected chi connectivity index (χ3v) is 4.06. The second kappa shape index (κ2) is 4.73. The molecule has 82 valence electrons. The van der Waals surface area contributed by atoms with Gasteiger partial charge in [0.25, 0.3) is 0 Å². The first-order valence-corrected chi connectivity index (χ1v) is 6.02. The standard InChI is InChI=1S/C12H16O2S/c1-4-12(3,13)10(2)15(14)11-8-6-5-7-9-11/h5-9,13H,2,4H2,1,3H3. The van der Waals surface area contributed by atoms with Crippen LogP contribution in [-0.4, -0.2) is 14.9 Å². The van der Waals surface area contributed by atoms with Gasteiger partial charge in [0.2, 0.25) is 0 Å². The summed E-state index contributed by atoms with van der Waals surface area (Å²) in [6, 6.07) is 9.05. The van der Waals surface area contributed by atoms with Gasteiger partial charge in [-0.2, -0.15) is 0 Å². The fourth-order valence-electron chi connectivity index (χ4n) is 1.08. The smallest absolute Gasteiger partial charge is 0.0946 e. The number of hydrogen-bond acceptors (Lipinski definition) is 2. The van der Waals surface area contributed by atoms with Crippen LogP contribution in [0.1, 0.15) is 20.3 Å². The van der Waals surface area contributed by atoms with Gasteiger partial charge in [-0.05, 0) is 25.5 Å². The molecule has 0 saturated heterocycles. The Kier molecular flexibility index (Phi) is 3.83. The summed E-state index contributed by atoms with van der Waals surface area (Å²) in [6.07, 6.45) is 0.504. The third-order valence-electron chi connectivity index (χ3n) is 2.47. The Morgan fingerprint density at radius 1 is 1.47 bits per heavy atom. The molecule has 0 aliphatic carbocycles. The fourth-order valence-corrected chi connectivity index (χ4v) is 2.32. The minimum absolute atomic E-state index is 0.358. The molecule has 15 heavy (non-hydrogen) atoms. The van der Waals surface area contributed by atoms with E-state index in [2.05, 4.69) is 6.58 Å². The third kappa shape index (κ3) is 2.76. The molecule has 0 aromatic heterocycles. The topological polar surface area (TPSA) is 37.3 Å². The SMILES string of the molecule is C=C(S(=O)c1ccccc1)C(C)(O)CC. The van der Waals surface area contributed by atoms with Gasteiger partial charge in [-0.25, -0.2) is 4.21 Å². The molecule has 0 heterocycles. The van der Waals surface area contributed by atoms with Crippen molar-refractivity contribution in [3.63, 3.8) is 0 Å². The first-order valence-electron chi connectivity index (χ1n) is 4.87. The zero-order valence-electron chi connectivity index (χ0n) is 9.06. The van der Waals surface area contributed by atoms with Crippen molar-refractivity contribution >= 4 is 10.8 Å². The summed E-state index contributed by atoms with van der Waals surface area (Å²) >= 11 is 0. The molecule has 1 rings (SSSR count). The molecule has 2 atom stereocenters. The summed E-state index contributed by atoms with van der Waals surface area (Å²) in [4.78, 5) is 1.03. The van der Waals surface area contributed by atoms with Gasteiger partial charge >= 0.3 is 0 Å². The molecule has 0 amide bonds. The van der Waals surface area contributed by atoms with E-state index in [1.54, 1.807) is 19.1 Å². The molecule has 0 spiro atoms. The van der Waals surface area contributed by atoms with Gasteiger partial charge in [-0.1, -0.05) is 31.7 Å². The Balaban J connectivity index is 2.93. The summed E-state index contributed by atoms with van der Waals surface area (Å²) in [5, 5.41) is 9.93. The largest absolute Gasteiger partial charge is 0.385 e.